The van der Waals surface area contributed by atoms with Gasteiger partial charge >= 0.3 is 6.02 Å². The highest BCUT2D eigenvalue weighted by molar-refractivity contribution is 5.75. The normalized spacial score (nSPS) is 23.0. The van der Waals surface area contributed by atoms with Gasteiger partial charge in [-0.25, -0.2) is 5.01 Å². The monoisotopic (exact) mass is 173 g/mol. The molecule has 0 saturated heterocycles. The van der Waals surface area contributed by atoms with E-state index in [2.05, 4.69) is 5.10 Å². The molecule has 0 aromatic heterocycles. The van der Waals surface area contributed by atoms with Crippen LogP contribution in [-0.4, -0.2) is 47.6 Å². The van der Waals surface area contributed by atoms with Crippen molar-refractivity contribution in [2.24, 2.45) is 5.10 Å². The predicted octanol–water partition coefficient (Wildman–Crippen LogP) is -0.163. The Hall–Kier alpha value is -0.970. The Labute approximate surface area is 72.2 Å². The number of nitrogens with zero attached hydrogens (tertiary/aromatic N) is 3. The fourth-order valence-electron chi connectivity index (χ4n) is 1.08. The highest BCUT2D eigenvalue weighted by Gasteiger charge is 2.29. The Bertz CT molecular complexity index is 183. The number of hydrogen-bond donors (Lipinski definition) is 1. The molecule has 0 aliphatic carbocycles. The maximum Gasteiger partial charge on any atom is 0.312 e. The smallest absolute Gasteiger partial charge is 0.312 e. The number of ether oxygens (including phenoxy) is 1. The van der Waals surface area contributed by atoms with Gasteiger partial charge in [0.05, 0.1) is 6.61 Å². The van der Waals surface area contributed by atoms with E-state index in [-0.39, 0.29) is 0 Å². The summed E-state index contributed by atoms with van der Waals surface area (Å²) in [6, 6.07) is 0.495. The Morgan fingerprint density at radius 2 is 2.25 bits per heavy atom. The second-order valence-corrected chi connectivity index (χ2v) is 2.52. The van der Waals surface area contributed by atoms with Gasteiger partial charge in [0.25, 0.3) is 0 Å². The van der Waals surface area contributed by atoms with Gasteiger partial charge in [-0.2, -0.15) is 0 Å². The summed E-state index contributed by atoms with van der Waals surface area (Å²) >= 11 is 0. The van der Waals surface area contributed by atoms with Crippen LogP contribution in [0.15, 0.2) is 5.10 Å². The van der Waals surface area contributed by atoms with Gasteiger partial charge in [-0.05, 0) is 13.8 Å². The average molecular weight is 173 g/mol. The number of hydrogen-bond acceptors (Lipinski definition) is 5. The minimum Gasteiger partial charge on any atom is -0.464 e. The maximum atomic E-state index is 9.51. The number of hydrazone groups is 1. The first-order chi connectivity index (χ1) is 5.70. The highest BCUT2D eigenvalue weighted by Crippen LogP contribution is 2.12. The van der Waals surface area contributed by atoms with Gasteiger partial charge < -0.3 is 9.84 Å². The Balaban J connectivity index is 2.64. The molecule has 1 atom stereocenters. The van der Waals surface area contributed by atoms with Crippen molar-refractivity contribution in [3.8, 4) is 0 Å². The Morgan fingerprint density at radius 1 is 1.58 bits per heavy atom. The summed E-state index contributed by atoms with van der Waals surface area (Å²) in [5.41, 5.74) is 0. The van der Waals surface area contributed by atoms with E-state index >= 15 is 0 Å². The Morgan fingerprint density at radius 3 is 2.75 bits per heavy atom. The van der Waals surface area contributed by atoms with E-state index in [0.29, 0.717) is 19.2 Å². The zero-order chi connectivity index (χ0) is 9.14. The van der Waals surface area contributed by atoms with Crippen molar-refractivity contribution in [3.63, 3.8) is 0 Å². The van der Waals surface area contributed by atoms with Gasteiger partial charge in [-0.3, -0.25) is 4.90 Å². The molecular formula is C7H15N3O2. The molecule has 0 bridgehead atoms. The lowest BCUT2D eigenvalue weighted by molar-refractivity contribution is -0.0475. The molecule has 0 amide bonds. The van der Waals surface area contributed by atoms with Crippen molar-refractivity contribution in [2.75, 3.05) is 20.2 Å². The summed E-state index contributed by atoms with van der Waals surface area (Å²) in [5.74, 6) is 0. The molecule has 12 heavy (non-hydrogen) atoms. The Kier molecular flexibility index (Phi) is 2.75. The zero-order valence-corrected chi connectivity index (χ0v) is 7.69. The molecule has 1 heterocycles. The van der Waals surface area contributed by atoms with Crippen molar-refractivity contribution in [3.05, 3.63) is 0 Å². The summed E-state index contributed by atoms with van der Waals surface area (Å²) in [5, 5.41) is 15.0. The van der Waals surface area contributed by atoms with Gasteiger partial charge in [0.2, 0.25) is 6.35 Å². The minimum absolute atomic E-state index is 0.495. The topological polar surface area (TPSA) is 48.3 Å². The van der Waals surface area contributed by atoms with Crippen LogP contribution in [0, 0.1) is 0 Å². The lowest BCUT2D eigenvalue weighted by Gasteiger charge is -2.22. The van der Waals surface area contributed by atoms with E-state index in [9.17, 15) is 5.11 Å². The second-order valence-electron chi connectivity index (χ2n) is 2.52. The molecule has 0 spiro atoms. The molecule has 1 aliphatic heterocycles. The molecule has 0 aromatic rings. The van der Waals surface area contributed by atoms with E-state index in [1.165, 1.54) is 5.01 Å². The van der Waals surface area contributed by atoms with Gasteiger partial charge in [-0.1, -0.05) is 0 Å². The van der Waals surface area contributed by atoms with Gasteiger partial charge in [0.15, 0.2) is 0 Å². The SMILES string of the molecule is CCOC1=NN(C)C(O)N1CC. The van der Waals surface area contributed by atoms with E-state index in [1.54, 1.807) is 11.9 Å². The maximum absolute atomic E-state index is 9.51. The summed E-state index contributed by atoms with van der Waals surface area (Å²) in [7, 11) is 1.71. The molecule has 70 valence electrons. The molecule has 0 aromatic carbocycles. The molecule has 5 heteroatoms. The summed E-state index contributed by atoms with van der Waals surface area (Å²) in [6.45, 7) is 5.08. The van der Waals surface area contributed by atoms with Crippen LogP contribution in [0.1, 0.15) is 13.8 Å². The number of aliphatic hydroxyl groups excluding tert-OH is 1. The second kappa shape index (κ2) is 3.62. The predicted molar refractivity (Wildman–Crippen MR) is 45.2 cm³/mol. The van der Waals surface area contributed by atoms with Crippen molar-refractivity contribution >= 4 is 6.02 Å². The van der Waals surface area contributed by atoms with Crippen LogP contribution in [0.25, 0.3) is 0 Å². The first-order valence-electron chi connectivity index (χ1n) is 4.09. The van der Waals surface area contributed by atoms with Crippen LogP contribution in [0.3, 0.4) is 0 Å². The van der Waals surface area contributed by atoms with Crippen molar-refractivity contribution in [2.45, 2.75) is 20.2 Å². The first kappa shape index (κ1) is 9.12. The standard InChI is InChI=1S/C7H15N3O2/c1-4-10-6(12-5-2)8-9(3)7(10)11/h7,11H,4-5H2,1-3H3. The summed E-state index contributed by atoms with van der Waals surface area (Å²) < 4.78 is 5.22. The molecule has 1 unspecified atom stereocenters. The van der Waals surface area contributed by atoms with Gasteiger partial charge in [0, 0.05) is 13.6 Å². The third kappa shape index (κ3) is 1.45. The zero-order valence-electron chi connectivity index (χ0n) is 7.69. The van der Waals surface area contributed by atoms with Crippen LogP contribution in [-0.2, 0) is 4.74 Å². The van der Waals surface area contributed by atoms with Crippen LogP contribution >= 0.6 is 0 Å². The van der Waals surface area contributed by atoms with Crippen molar-refractivity contribution in [1.29, 1.82) is 0 Å². The molecule has 5 nitrogen and oxygen atoms in total. The average Bonchev–Trinajstić information content (AvgIpc) is 2.29. The number of amidine groups is 1. The van der Waals surface area contributed by atoms with Crippen LogP contribution < -0.4 is 0 Å². The molecule has 0 saturated carbocycles. The van der Waals surface area contributed by atoms with Gasteiger partial charge in [-0.15, -0.1) is 5.10 Å². The lowest BCUT2D eigenvalue weighted by Crippen LogP contribution is -2.41. The fourth-order valence-corrected chi connectivity index (χ4v) is 1.08. The summed E-state index contributed by atoms with van der Waals surface area (Å²) in [4.78, 5) is 1.68. The van der Waals surface area contributed by atoms with Gasteiger partial charge in [0.1, 0.15) is 0 Å². The fraction of sp³-hybridized carbons (Fsp3) is 0.857. The third-order valence-corrected chi connectivity index (χ3v) is 1.72. The molecule has 1 aliphatic rings. The first-order valence-corrected chi connectivity index (χ1v) is 4.09. The molecule has 0 radical (unpaired) electrons. The molecule has 0 fully saturated rings. The lowest BCUT2D eigenvalue weighted by atomic mass is 10.6. The van der Waals surface area contributed by atoms with Crippen LogP contribution in [0.2, 0.25) is 0 Å². The largest absolute Gasteiger partial charge is 0.464 e. The van der Waals surface area contributed by atoms with E-state index in [0.717, 1.165) is 0 Å². The minimum atomic E-state index is -0.684. The summed E-state index contributed by atoms with van der Waals surface area (Å²) in [6.07, 6.45) is -0.684. The quantitative estimate of drug-likeness (QED) is 0.630. The van der Waals surface area contributed by atoms with Crippen molar-refractivity contribution < 1.29 is 9.84 Å². The van der Waals surface area contributed by atoms with E-state index in [4.69, 9.17) is 4.74 Å². The highest BCUT2D eigenvalue weighted by atomic mass is 16.5. The number of aliphatic hydroxyl groups is 1. The third-order valence-electron chi connectivity index (χ3n) is 1.72. The molecule has 1 N–H and O–H groups in total. The van der Waals surface area contributed by atoms with Crippen molar-refractivity contribution in [1.82, 2.24) is 9.91 Å². The molecular weight excluding hydrogens is 158 g/mol. The number of rotatable bonds is 2. The van der Waals surface area contributed by atoms with Crippen LogP contribution in [0.4, 0.5) is 0 Å². The molecule has 1 rings (SSSR count). The van der Waals surface area contributed by atoms with E-state index in [1.807, 2.05) is 13.8 Å². The van der Waals surface area contributed by atoms with Crippen LogP contribution in [0.5, 0.6) is 0 Å². The van der Waals surface area contributed by atoms with E-state index < -0.39 is 6.35 Å².